The van der Waals surface area contributed by atoms with Crippen molar-refractivity contribution < 1.29 is 42.9 Å². The normalized spacial score (nSPS) is 20.3. The lowest BCUT2D eigenvalue weighted by molar-refractivity contribution is -0.181. The first kappa shape index (κ1) is 46.8. The topological polar surface area (TPSA) is 147 Å². The van der Waals surface area contributed by atoms with E-state index >= 15 is 0 Å². The Kier molecular flexibility index (Phi) is 16.8. The highest BCUT2D eigenvalue weighted by Gasteiger charge is 2.49. The number of carbonyl (C=O) groups excluding carboxylic acids is 4. The average Bonchev–Trinajstić information content (AvgIpc) is 3.59. The average molecular weight is 769 g/mol. The molecule has 0 saturated carbocycles. The number of hydrogen-bond donors (Lipinski definition) is 0. The van der Waals surface area contributed by atoms with Gasteiger partial charge in [-0.1, -0.05) is 27.7 Å². The Bertz CT molecular complexity index is 1390. The number of nitrogens with zero attached hydrogens (tertiary/aromatic N) is 4. The maximum Gasteiger partial charge on any atom is 0.270 e. The number of rotatable bonds is 23. The lowest BCUT2D eigenvalue weighted by atomic mass is 9.83. The third kappa shape index (κ3) is 11.3. The number of anilines is 1. The Labute approximate surface area is 322 Å². The zero-order chi connectivity index (χ0) is 40.6. The van der Waals surface area contributed by atoms with E-state index in [4.69, 9.17) is 23.7 Å². The smallest absolute Gasteiger partial charge is 0.270 e. The molecular formula is C39H68N4O9S. The molecule has 7 atom stereocenters. The van der Waals surface area contributed by atoms with Gasteiger partial charge in [0, 0.05) is 25.2 Å². The molecule has 0 aromatic carbocycles. The van der Waals surface area contributed by atoms with Gasteiger partial charge in [0.1, 0.15) is 41.7 Å². The van der Waals surface area contributed by atoms with E-state index in [1.807, 2.05) is 55.4 Å². The van der Waals surface area contributed by atoms with Crippen LogP contribution < -0.4 is 9.64 Å². The zero-order valence-electron chi connectivity index (χ0n) is 35.2. The van der Waals surface area contributed by atoms with Crippen LogP contribution in [-0.2, 0) is 38.1 Å². The van der Waals surface area contributed by atoms with Crippen molar-refractivity contribution >= 4 is 40.7 Å². The van der Waals surface area contributed by atoms with Gasteiger partial charge in [0.2, 0.25) is 5.82 Å². The maximum absolute atomic E-state index is 14.5. The lowest BCUT2D eigenvalue weighted by Crippen LogP contribution is -2.65. The predicted octanol–water partition coefficient (Wildman–Crippen LogP) is 6.04. The van der Waals surface area contributed by atoms with Crippen LogP contribution in [0.5, 0.6) is 5.88 Å². The van der Waals surface area contributed by atoms with Gasteiger partial charge in [0.25, 0.3) is 5.88 Å². The molecule has 304 valence electrons. The molecule has 1 fully saturated rings. The van der Waals surface area contributed by atoms with Crippen LogP contribution >= 0.6 is 11.7 Å². The summed E-state index contributed by atoms with van der Waals surface area (Å²) in [7, 11) is 0. The summed E-state index contributed by atoms with van der Waals surface area (Å²) < 4.78 is 40.1. The summed E-state index contributed by atoms with van der Waals surface area (Å²) in [4.78, 5) is 58.0. The second-order valence-corrected chi connectivity index (χ2v) is 16.6. The van der Waals surface area contributed by atoms with E-state index in [-0.39, 0.29) is 36.3 Å². The van der Waals surface area contributed by atoms with Gasteiger partial charge in [0.05, 0.1) is 30.5 Å². The fourth-order valence-electron chi connectivity index (χ4n) is 6.72. The molecule has 1 aliphatic heterocycles. The zero-order valence-corrected chi connectivity index (χ0v) is 36.0. The predicted molar refractivity (Wildman–Crippen MR) is 207 cm³/mol. The summed E-state index contributed by atoms with van der Waals surface area (Å²) in [5, 5.41) is 0. The van der Waals surface area contributed by atoms with Gasteiger partial charge in [-0.25, -0.2) is 0 Å². The number of carbonyl (C=O) groups is 4. The van der Waals surface area contributed by atoms with E-state index in [1.165, 1.54) is 13.8 Å². The van der Waals surface area contributed by atoms with Crippen LogP contribution in [0.15, 0.2) is 0 Å². The van der Waals surface area contributed by atoms with Crippen LogP contribution in [0.2, 0.25) is 0 Å². The van der Waals surface area contributed by atoms with Gasteiger partial charge in [-0.05, 0) is 102 Å². The number of hydrogen-bond acceptors (Lipinski definition) is 14. The van der Waals surface area contributed by atoms with Gasteiger partial charge in [-0.3, -0.25) is 24.1 Å². The third-order valence-electron chi connectivity index (χ3n) is 11.2. The van der Waals surface area contributed by atoms with Crippen molar-refractivity contribution in [3.63, 3.8) is 0 Å². The van der Waals surface area contributed by atoms with Crippen LogP contribution in [0.25, 0.3) is 0 Å². The first-order chi connectivity index (χ1) is 24.5. The summed E-state index contributed by atoms with van der Waals surface area (Å²) in [6.07, 6.45) is -1.02. The molecule has 1 saturated heterocycles. The van der Waals surface area contributed by atoms with E-state index in [2.05, 4.69) is 18.5 Å². The lowest BCUT2D eigenvalue weighted by Gasteiger charge is -2.50. The largest absolute Gasteiger partial charge is 0.472 e. The summed E-state index contributed by atoms with van der Waals surface area (Å²) >= 11 is 1.05. The molecule has 0 radical (unpaired) electrons. The van der Waals surface area contributed by atoms with Gasteiger partial charge in [-0.2, -0.15) is 4.37 Å². The van der Waals surface area contributed by atoms with Crippen LogP contribution in [0.4, 0.5) is 5.82 Å². The van der Waals surface area contributed by atoms with E-state index in [0.717, 1.165) is 11.7 Å². The van der Waals surface area contributed by atoms with Crippen molar-refractivity contribution in [1.82, 2.24) is 13.6 Å². The number of Topliss-reactive ketones (excluding diaryl/α,β-unsaturated/α-hetero) is 4. The molecule has 0 N–H and O–H groups in total. The number of aromatic nitrogens is 2. The Morgan fingerprint density at radius 2 is 1.25 bits per heavy atom. The SMILES string of the molecule is CCC(C)(O[C@H](C)C(=O)C(C)(CC)O[C@H](COc1nsnc1N1CCOCC1)CN(C(C)(C)C)C(C)(CC)C(=O)[C@@H](C)OC(C)(CC)C(C)=O)C(C)=O. The molecular weight excluding hydrogens is 701 g/mol. The van der Waals surface area contributed by atoms with Crippen molar-refractivity contribution in [2.75, 3.05) is 44.4 Å². The summed E-state index contributed by atoms with van der Waals surface area (Å²) in [5.74, 6) is 0.184. The standard InChI is InChI=1S/C39H68N4O9S/c1-16-36(12,31(46)26(5)50-37(13,17-2)28(7)44)43(35(9,10)11)24-30(25-49-34-33(40-53-41-34)42-20-22-48-23-21-42)52-39(15,19-4)32(47)27(6)51-38(14,18-3)29(8)45/h26-27,30H,16-25H2,1-15H3/t26-,27-,30+,36?,37?,38?,39?/m1/s1. The molecule has 1 aliphatic rings. The molecule has 14 heteroatoms. The first-order valence-electron chi connectivity index (χ1n) is 19.2. The molecule has 53 heavy (non-hydrogen) atoms. The van der Waals surface area contributed by atoms with Crippen LogP contribution in [0.1, 0.15) is 130 Å². The van der Waals surface area contributed by atoms with E-state index in [0.29, 0.717) is 63.7 Å². The van der Waals surface area contributed by atoms with Crippen LogP contribution in [0, 0.1) is 0 Å². The van der Waals surface area contributed by atoms with E-state index in [1.54, 1.807) is 34.6 Å². The number of ketones is 4. The maximum atomic E-state index is 14.5. The van der Waals surface area contributed by atoms with Crippen molar-refractivity contribution in [1.29, 1.82) is 0 Å². The molecule has 0 amide bonds. The Balaban J connectivity index is 2.59. The Morgan fingerprint density at radius 3 is 1.68 bits per heavy atom. The molecule has 1 aromatic heterocycles. The van der Waals surface area contributed by atoms with Gasteiger partial charge >= 0.3 is 0 Å². The second-order valence-electron chi connectivity index (χ2n) is 16.1. The fourth-order valence-corrected chi connectivity index (χ4v) is 7.24. The third-order valence-corrected chi connectivity index (χ3v) is 11.7. The quantitative estimate of drug-likeness (QED) is 0.128. The molecule has 0 spiro atoms. The molecule has 4 unspecified atom stereocenters. The highest BCUT2D eigenvalue weighted by molar-refractivity contribution is 6.99. The van der Waals surface area contributed by atoms with Gasteiger partial charge in [0.15, 0.2) is 23.1 Å². The molecule has 0 aliphatic carbocycles. The first-order valence-corrected chi connectivity index (χ1v) is 19.9. The number of ether oxygens (including phenoxy) is 5. The minimum absolute atomic E-state index is 0.00809. The molecule has 1 aromatic rings. The van der Waals surface area contributed by atoms with Crippen LogP contribution in [0.3, 0.4) is 0 Å². The monoisotopic (exact) mass is 768 g/mol. The van der Waals surface area contributed by atoms with E-state index in [9.17, 15) is 19.2 Å². The van der Waals surface area contributed by atoms with E-state index < -0.39 is 46.2 Å². The van der Waals surface area contributed by atoms with Crippen molar-refractivity contribution in [3.05, 3.63) is 0 Å². The van der Waals surface area contributed by atoms with Crippen LogP contribution in [-0.4, -0.2) is 122 Å². The fraction of sp³-hybridized carbons (Fsp3) is 0.846. The van der Waals surface area contributed by atoms with Gasteiger partial charge < -0.3 is 28.6 Å². The summed E-state index contributed by atoms with van der Waals surface area (Å²) in [6.45, 7) is 29.6. The molecule has 2 rings (SSSR count). The molecule has 2 heterocycles. The van der Waals surface area contributed by atoms with Gasteiger partial charge in [-0.15, -0.1) is 4.37 Å². The highest BCUT2D eigenvalue weighted by Crippen LogP contribution is 2.35. The highest BCUT2D eigenvalue weighted by atomic mass is 32.1. The van der Waals surface area contributed by atoms with Crippen molar-refractivity contribution in [2.24, 2.45) is 0 Å². The Hall–Kier alpha value is -2.36. The van der Waals surface area contributed by atoms with Crippen molar-refractivity contribution in [3.8, 4) is 5.88 Å². The number of morpholine rings is 1. The minimum atomic E-state index is -1.34. The second kappa shape index (κ2) is 19.0. The van der Waals surface area contributed by atoms with Crippen molar-refractivity contribution in [2.45, 2.75) is 176 Å². The molecule has 0 bridgehead atoms. The minimum Gasteiger partial charge on any atom is -0.472 e. The summed E-state index contributed by atoms with van der Waals surface area (Å²) in [6, 6.07) is 0. The summed E-state index contributed by atoms with van der Waals surface area (Å²) in [5.41, 5.74) is -5.22. The Morgan fingerprint density at radius 1 is 0.755 bits per heavy atom. The molecule has 13 nitrogen and oxygen atoms in total.